The molecule has 6 nitrogen and oxygen atoms in total. The molecular formula is C19H22FN5OS. The molecule has 1 atom stereocenters. The maximum absolute atomic E-state index is 13.4. The molecule has 0 bridgehead atoms. The molecule has 1 aromatic carbocycles. The van der Waals surface area contributed by atoms with Gasteiger partial charge < -0.3 is 14.5 Å². The van der Waals surface area contributed by atoms with Crippen LogP contribution in [0.25, 0.3) is 10.9 Å². The molecular weight excluding hydrogens is 365 g/mol. The number of piperidine rings is 1. The third-order valence-corrected chi connectivity index (χ3v) is 5.63. The average Bonchev–Trinajstić information content (AvgIpc) is 3.24. The van der Waals surface area contributed by atoms with Gasteiger partial charge in [-0.25, -0.2) is 4.39 Å². The van der Waals surface area contributed by atoms with Crippen molar-refractivity contribution in [1.82, 2.24) is 24.6 Å². The lowest BCUT2D eigenvalue weighted by atomic mass is 9.96. The molecule has 27 heavy (non-hydrogen) atoms. The first kappa shape index (κ1) is 17.9. The van der Waals surface area contributed by atoms with Crippen molar-refractivity contribution in [2.75, 3.05) is 13.1 Å². The van der Waals surface area contributed by atoms with Crippen LogP contribution in [0, 0.1) is 10.6 Å². The number of fused-ring (bicyclic) bond motifs is 1. The fourth-order valence-electron chi connectivity index (χ4n) is 3.94. The summed E-state index contributed by atoms with van der Waals surface area (Å²) in [5.41, 5.74) is 1.61. The van der Waals surface area contributed by atoms with E-state index in [2.05, 4.69) is 15.2 Å². The fraction of sp³-hybridized carbons (Fsp3) is 0.421. The monoisotopic (exact) mass is 387 g/mol. The molecule has 1 aliphatic heterocycles. The van der Waals surface area contributed by atoms with Gasteiger partial charge in [-0.1, -0.05) is 0 Å². The number of aromatic nitrogens is 4. The van der Waals surface area contributed by atoms with Crippen molar-refractivity contribution < 1.29 is 9.18 Å². The fourth-order valence-corrected chi connectivity index (χ4v) is 4.21. The van der Waals surface area contributed by atoms with Crippen LogP contribution in [0.5, 0.6) is 0 Å². The molecule has 142 valence electrons. The molecule has 3 aromatic rings. The molecule has 2 N–H and O–H groups in total. The van der Waals surface area contributed by atoms with Crippen LogP contribution in [-0.2, 0) is 17.8 Å². The van der Waals surface area contributed by atoms with Gasteiger partial charge in [0.1, 0.15) is 11.6 Å². The van der Waals surface area contributed by atoms with Crippen LogP contribution >= 0.6 is 12.2 Å². The second-order valence-corrected chi connectivity index (χ2v) is 7.38. The standard InChI is InChI=1S/C19H22FN5OS/c1-2-25-18(22-23-19(25)27)12-4-3-7-24(11-12)17(26)8-13-10-21-16-9-14(20)5-6-15(13)16/h5-6,9-10,12,21H,2-4,7-8,11H2,1H3,(H,23,27). The molecule has 2 aromatic heterocycles. The van der Waals surface area contributed by atoms with Crippen molar-refractivity contribution in [1.29, 1.82) is 0 Å². The van der Waals surface area contributed by atoms with E-state index in [1.165, 1.54) is 12.1 Å². The molecule has 0 saturated carbocycles. The van der Waals surface area contributed by atoms with Crippen molar-refractivity contribution in [2.45, 2.75) is 38.6 Å². The maximum Gasteiger partial charge on any atom is 0.227 e. The minimum atomic E-state index is -0.287. The van der Waals surface area contributed by atoms with Gasteiger partial charge in [0.2, 0.25) is 5.91 Å². The topological polar surface area (TPSA) is 69.7 Å². The van der Waals surface area contributed by atoms with Crippen molar-refractivity contribution in [3.8, 4) is 0 Å². The number of hydrogen-bond donors (Lipinski definition) is 2. The van der Waals surface area contributed by atoms with Crippen LogP contribution in [-0.4, -0.2) is 43.6 Å². The van der Waals surface area contributed by atoms with E-state index >= 15 is 0 Å². The van der Waals surface area contributed by atoms with Crippen LogP contribution in [0.1, 0.15) is 37.1 Å². The summed E-state index contributed by atoms with van der Waals surface area (Å²) < 4.78 is 16.0. The Bertz CT molecular complexity index is 1040. The highest BCUT2D eigenvalue weighted by Crippen LogP contribution is 2.27. The SMILES string of the molecule is CCn1c(C2CCCN(C(=O)Cc3c[nH]c4cc(F)ccc34)C2)n[nH]c1=S. The van der Waals surface area contributed by atoms with Gasteiger partial charge in [0, 0.05) is 42.7 Å². The molecule has 0 spiro atoms. The van der Waals surface area contributed by atoms with Gasteiger partial charge >= 0.3 is 0 Å². The number of halogens is 1. The first-order valence-corrected chi connectivity index (χ1v) is 9.66. The molecule has 1 fully saturated rings. The van der Waals surface area contributed by atoms with Crippen LogP contribution in [0.3, 0.4) is 0 Å². The Kier molecular flexibility index (Phi) is 4.82. The van der Waals surface area contributed by atoms with Crippen molar-refractivity contribution in [3.63, 3.8) is 0 Å². The highest BCUT2D eigenvalue weighted by Gasteiger charge is 2.28. The van der Waals surface area contributed by atoms with Gasteiger partial charge in [-0.05, 0) is 55.7 Å². The van der Waals surface area contributed by atoms with E-state index in [1.54, 1.807) is 12.3 Å². The number of aromatic amines is 2. The molecule has 0 radical (unpaired) electrons. The molecule has 1 amide bonds. The van der Waals surface area contributed by atoms with Gasteiger partial charge in [0.15, 0.2) is 4.77 Å². The predicted octanol–water partition coefficient (Wildman–Crippen LogP) is 3.53. The van der Waals surface area contributed by atoms with E-state index in [9.17, 15) is 9.18 Å². The molecule has 0 aliphatic carbocycles. The van der Waals surface area contributed by atoms with E-state index < -0.39 is 0 Å². The summed E-state index contributed by atoms with van der Waals surface area (Å²) in [6.07, 6.45) is 4.04. The number of rotatable bonds is 4. The molecule has 1 aliphatic rings. The van der Waals surface area contributed by atoms with E-state index in [4.69, 9.17) is 12.2 Å². The number of amides is 1. The number of nitrogens with zero attached hydrogens (tertiary/aromatic N) is 3. The Morgan fingerprint density at radius 1 is 1.44 bits per heavy atom. The summed E-state index contributed by atoms with van der Waals surface area (Å²) in [6.45, 7) is 4.21. The highest BCUT2D eigenvalue weighted by atomic mass is 32.1. The number of carbonyl (C=O) groups is 1. The lowest BCUT2D eigenvalue weighted by molar-refractivity contribution is -0.131. The number of hydrogen-bond acceptors (Lipinski definition) is 3. The molecule has 1 saturated heterocycles. The summed E-state index contributed by atoms with van der Waals surface area (Å²) in [6, 6.07) is 4.60. The highest BCUT2D eigenvalue weighted by molar-refractivity contribution is 7.71. The van der Waals surface area contributed by atoms with Gasteiger partial charge in [-0.3, -0.25) is 9.89 Å². The first-order valence-electron chi connectivity index (χ1n) is 9.25. The van der Waals surface area contributed by atoms with Crippen molar-refractivity contribution >= 4 is 29.0 Å². The number of benzene rings is 1. The maximum atomic E-state index is 13.4. The number of nitrogens with one attached hydrogen (secondary N) is 2. The number of likely N-dealkylation sites (tertiary alicyclic amines) is 1. The third kappa shape index (κ3) is 3.41. The molecule has 8 heteroatoms. The van der Waals surface area contributed by atoms with Gasteiger partial charge in [0.25, 0.3) is 0 Å². The zero-order valence-electron chi connectivity index (χ0n) is 15.2. The van der Waals surface area contributed by atoms with Crippen LogP contribution in [0.4, 0.5) is 4.39 Å². The summed E-state index contributed by atoms with van der Waals surface area (Å²) in [5, 5.41) is 8.16. The second kappa shape index (κ2) is 7.26. The molecule has 4 rings (SSSR count). The lowest BCUT2D eigenvalue weighted by Crippen LogP contribution is -2.40. The first-order chi connectivity index (χ1) is 13.1. The summed E-state index contributed by atoms with van der Waals surface area (Å²) in [5.74, 6) is 0.919. The Balaban J connectivity index is 1.50. The number of H-pyrrole nitrogens is 2. The zero-order valence-corrected chi connectivity index (χ0v) is 16.0. The van der Waals surface area contributed by atoms with E-state index in [-0.39, 0.29) is 17.6 Å². The van der Waals surface area contributed by atoms with E-state index in [0.717, 1.165) is 42.7 Å². The van der Waals surface area contributed by atoms with Crippen molar-refractivity contribution in [3.05, 3.63) is 46.4 Å². The summed E-state index contributed by atoms with van der Waals surface area (Å²) in [4.78, 5) is 17.9. The normalized spacial score (nSPS) is 17.6. The Labute approximate surface area is 161 Å². The largest absolute Gasteiger partial charge is 0.361 e. The zero-order chi connectivity index (χ0) is 19.0. The minimum Gasteiger partial charge on any atom is -0.361 e. The predicted molar refractivity (Wildman–Crippen MR) is 104 cm³/mol. The third-order valence-electron chi connectivity index (χ3n) is 5.31. The molecule has 1 unspecified atom stereocenters. The summed E-state index contributed by atoms with van der Waals surface area (Å²) >= 11 is 5.29. The Morgan fingerprint density at radius 2 is 2.30 bits per heavy atom. The van der Waals surface area contributed by atoms with Crippen molar-refractivity contribution in [2.24, 2.45) is 0 Å². The van der Waals surface area contributed by atoms with E-state index in [1.807, 2.05) is 16.4 Å². The smallest absolute Gasteiger partial charge is 0.227 e. The summed E-state index contributed by atoms with van der Waals surface area (Å²) in [7, 11) is 0. The van der Waals surface area contributed by atoms with E-state index in [0.29, 0.717) is 23.3 Å². The Morgan fingerprint density at radius 3 is 3.11 bits per heavy atom. The van der Waals surface area contributed by atoms with Gasteiger partial charge in [-0.15, -0.1) is 0 Å². The van der Waals surface area contributed by atoms with Gasteiger partial charge in [-0.2, -0.15) is 5.10 Å². The average molecular weight is 387 g/mol. The van der Waals surface area contributed by atoms with Gasteiger partial charge in [0.05, 0.1) is 6.42 Å². The number of carbonyl (C=O) groups excluding carboxylic acids is 1. The minimum absolute atomic E-state index is 0.0853. The quantitative estimate of drug-likeness (QED) is 0.673. The Hall–Kier alpha value is -2.48. The van der Waals surface area contributed by atoms with Crippen LogP contribution in [0.15, 0.2) is 24.4 Å². The van der Waals surface area contributed by atoms with Crippen LogP contribution in [0.2, 0.25) is 0 Å². The lowest BCUT2D eigenvalue weighted by Gasteiger charge is -2.32. The second-order valence-electron chi connectivity index (χ2n) is 6.99. The molecule has 3 heterocycles. The van der Waals surface area contributed by atoms with Crippen LogP contribution < -0.4 is 0 Å².